The van der Waals surface area contributed by atoms with Crippen molar-refractivity contribution in [2.24, 2.45) is 5.14 Å². The molecule has 0 spiro atoms. The highest BCUT2D eigenvalue weighted by molar-refractivity contribution is 7.77. The van der Waals surface area contributed by atoms with E-state index in [4.69, 9.17) is 28.4 Å². The number of fused-ring (bicyclic) bond motifs is 2. The molecule has 0 radical (unpaired) electrons. The van der Waals surface area contributed by atoms with Crippen LogP contribution in [0.15, 0.2) is 116 Å². The summed E-state index contributed by atoms with van der Waals surface area (Å²) < 4.78 is 33.5. The van der Waals surface area contributed by atoms with E-state index in [-0.39, 0.29) is 0 Å². The normalized spacial score (nSPS) is 10.5. The third-order valence-corrected chi connectivity index (χ3v) is 9.50. The minimum atomic E-state index is -0.496. The van der Waals surface area contributed by atoms with Gasteiger partial charge in [-0.1, -0.05) is 50.8 Å². The van der Waals surface area contributed by atoms with Gasteiger partial charge in [0.15, 0.2) is 0 Å². The predicted molar refractivity (Wildman–Crippen MR) is 242 cm³/mol. The highest BCUT2D eigenvalue weighted by Crippen LogP contribution is 2.29. The molecule has 0 saturated carbocycles. The van der Waals surface area contributed by atoms with Crippen LogP contribution in [0.5, 0.6) is 23.0 Å². The molecular formula is C49H55NO10S. The molecule has 5 rings (SSSR count). The second-order valence-corrected chi connectivity index (χ2v) is 14.0. The van der Waals surface area contributed by atoms with Gasteiger partial charge in [-0.2, -0.15) is 0 Å². The summed E-state index contributed by atoms with van der Waals surface area (Å²) >= 11 is 3.03. The smallest absolute Gasteiger partial charge is 0.343 e. The SMILES string of the molecule is C=CC(=O)OCCCCCCOc1ccc2cc(C(=O)Oc3ccc(OC(=O)c4ccc5cc(OCCCCCCOC(=O)C=C)ccc5c4)c(CCC)c3)ccc2c1.NS. The van der Waals surface area contributed by atoms with Crippen molar-refractivity contribution < 1.29 is 47.6 Å². The van der Waals surface area contributed by atoms with E-state index < -0.39 is 23.9 Å². The number of carbonyl (C=O) groups excluding carboxylic acids is 4. The second-order valence-electron chi connectivity index (χ2n) is 14.0. The van der Waals surface area contributed by atoms with Crippen LogP contribution in [0.3, 0.4) is 0 Å². The Morgan fingerprint density at radius 2 is 0.951 bits per heavy atom. The average Bonchev–Trinajstić information content (AvgIpc) is 3.28. The Bertz CT molecular complexity index is 2250. The van der Waals surface area contributed by atoms with Crippen LogP contribution >= 0.6 is 12.8 Å². The van der Waals surface area contributed by atoms with Gasteiger partial charge in [0.2, 0.25) is 0 Å². The molecular weight excluding hydrogens is 795 g/mol. The Hall–Kier alpha value is -6.11. The number of rotatable bonds is 24. The molecule has 0 aliphatic carbocycles. The van der Waals surface area contributed by atoms with Crippen molar-refractivity contribution in [3.8, 4) is 23.0 Å². The first kappa shape index (κ1) is 47.6. The van der Waals surface area contributed by atoms with Gasteiger partial charge in [-0.3, -0.25) is 5.14 Å². The van der Waals surface area contributed by atoms with Crippen LogP contribution in [-0.4, -0.2) is 50.3 Å². The van der Waals surface area contributed by atoms with Crippen LogP contribution in [0.1, 0.15) is 91.0 Å². The van der Waals surface area contributed by atoms with Crippen LogP contribution < -0.4 is 24.1 Å². The summed E-state index contributed by atoms with van der Waals surface area (Å²) in [5.41, 5.74) is 1.57. The summed E-state index contributed by atoms with van der Waals surface area (Å²) in [6.07, 6.45) is 10.9. The first-order valence-electron chi connectivity index (χ1n) is 20.5. The third kappa shape index (κ3) is 15.8. The molecule has 0 unspecified atom stereocenters. The van der Waals surface area contributed by atoms with E-state index in [1.807, 2.05) is 55.5 Å². The zero-order valence-electron chi connectivity index (χ0n) is 34.7. The predicted octanol–water partition coefficient (Wildman–Crippen LogP) is 10.5. The van der Waals surface area contributed by atoms with E-state index in [2.05, 4.69) is 31.1 Å². The maximum absolute atomic E-state index is 13.3. The van der Waals surface area contributed by atoms with E-state index in [0.29, 0.717) is 55.5 Å². The quantitative estimate of drug-likeness (QED) is 0.0201. The van der Waals surface area contributed by atoms with Gasteiger partial charge in [0, 0.05) is 12.2 Å². The summed E-state index contributed by atoms with van der Waals surface area (Å²) in [6, 6.07) is 27.3. The van der Waals surface area contributed by atoms with Crippen molar-refractivity contribution >= 4 is 58.2 Å². The molecule has 12 heteroatoms. The van der Waals surface area contributed by atoms with E-state index in [1.165, 1.54) is 12.2 Å². The van der Waals surface area contributed by atoms with Crippen molar-refractivity contribution in [1.82, 2.24) is 0 Å². The number of thiol groups is 1. The maximum Gasteiger partial charge on any atom is 0.343 e. The van der Waals surface area contributed by atoms with Gasteiger partial charge in [-0.05, 0) is 152 Å². The van der Waals surface area contributed by atoms with Gasteiger partial charge in [0.1, 0.15) is 23.0 Å². The molecule has 322 valence electrons. The third-order valence-electron chi connectivity index (χ3n) is 9.50. The molecule has 0 atom stereocenters. The van der Waals surface area contributed by atoms with Gasteiger partial charge >= 0.3 is 23.9 Å². The summed E-state index contributed by atoms with van der Waals surface area (Å²) in [5.74, 6) is 0.492. The largest absolute Gasteiger partial charge is 0.494 e. The van der Waals surface area contributed by atoms with E-state index in [1.54, 1.807) is 42.5 Å². The summed E-state index contributed by atoms with van der Waals surface area (Å²) in [7, 11) is 0. The number of nitrogens with two attached hydrogens (primary N) is 1. The van der Waals surface area contributed by atoms with Gasteiger partial charge in [-0.25, -0.2) is 19.2 Å². The van der Waals surface area contributed by atoms with Crippen molar-refractivity contribution in [3.63, 3.8) is 0 Å². The fraction of sp³-hybridized carbons (Fsp3) is 0.306. The number of hydrogen-bond acceptors (Lipinski definition) is 12. The molecule has 0 heterocycles. The minimum absolute atomic E-state index is 0.357. The number of ether oxygens (including phenoxy) is 6. The van der Waals surface area contributed by atoms with Gasteiger partial charge in [0.25, 0.3) is 0 Å². The molecule has 0 aromatic heterocycles. The summed E-state index contributed by atoms with van der Waals surface area (Å²) in [6.45, 7) is 10.7. The van der Waals surface area contributed by atoms with Gasteiger partial charge in [0.05, 0.1) is 37.6 Å². The lowest BCUT2D eigenvalue weighted by molar-refractivity contribution is -0.138. The molecule has 5 aromatic carbocycles. The molecule has 11 nitrogen and oxygen atoms in total. The zero-order chi connectivity index (χ0) is 43.8. The van der Waals surface area contributed by atoms with Gasteiger partial charge < -0.3 is 28.4 Å². The van der Waals surface area contributed by atoms with Crippen LogP contribution in [-0.2, 0) is 25.5 Å². The van der Waals surface area contributed by atoms with Crippen molar-refractivity contribution in [1.29, 1.82) is 0 Å². The topological polar surface area (TPSA) is 150 Å². The van der Waals surface area contributed by atoms with Crippen LogP contribution in [0.25, 0.3) is 21.5 Å². The fourth-order valence-corrected chi connectivity index (χ4v) is 6.35. The Labute approximate surface area is 363 Å². The van der Waals surface area contributed by atoms with Crippen LogP contribution in [0, 0.1) is 0 Å². The Kier molecular flexibility index (Phi) is 20.4. The Morgan fingerprint density at radius 3 is 1.43 bits per heavy atom. The van der Waals surface area contributed by atoms with Gasteiger partial charge in [-0.15, -0.1) is 12.8 Å². The molecule has 0 aliphatic heterocycles. The Morgan fingerprint density at radius 1 is 0.525 bits per heavy atom. The molecule has 61 heavy (non-hydrogen) atoms. The lowest BCUT2D eigenvalue weighted by Gasteiger charge is -2.13. The number of esters is 4. The number of unbranched alkanes of at least 4 members (excludes halogenated alkanes) is 6. The lowest BCUT2D eigenvalue weighted by Crippen LogP contribution is -2.11. The number of aryl methyl sites for hydroxylation is 1. The molecule has 0 bridgehead atoms. The Balaban J connectivity index is 0.00000403. The van der Waals surface area contributed by atoms with Crippen LogP contribution in [0.2, 0.25) is 0 Å². The molecule has 0 amide bonds. The molecule has 0 aliphatic rings. The molecule has 0 saturated heterocycles. The molecule has 5 aromatic rings. The first-order chi connectivity index (χ1) is 29.8. The molecule has 2 N–H and O–H groups in total. The average molecular weight is 850 g/mol. The minimum Gasteiger partial charge on any atom is -0.494 e. The van der Waals surface area contributed by atoms with Crippen molar-refractivity contribution in [2.75, 3.05) is 26.4 Å². The zero-order valence-corrected chi connectivity index (χ0v) is 35.6. The maximum atomic E-state index is 13.3. The van der Waals surface area contributed by atoms with E-state index >= 15 is 0 Å². The highest BCUT2D eigenvalue weighted by atomic mass is 32.1. The first-order valence-corrected chi connectivity index (χ1v) is 21.0. The number of benzene rings is 5. The number of hydrogen-bond donors (Lipinski definition) is 2. The van der Waals surface area contributed by atoms with Crippen molar-refractivity contribution in [2.45, 2.75) is 71.1 Å². The van der Waals surface area contributed by atoms with E-state index in [9.17, 15) is 19.2 Å². The monoisotopic (exact) mass is 849 g/mol. The van der Waals surface area contributed by atoms with Crippen molar-refractivity contribution in [3.05, 3.63) is 133 Å². The highest BCUT2D eigenvalue weighted by Gasteiger charge is 2.16. The number of carbonyl (C=O) groups is 4. The fourth-order valence-electron chi connectivity index (χ4n) is 6.35. The standard InChI is InChI=1S/C49H52O10.H3NS/c1-4-15-39-34-44(58-48(52)40-18-16-37-32-42(22-20-35(37)30-40)54-26-11-7-9-13-28-56-46(50)5-2)24-25-45(39)59-49(53)41-19-17-38-33-43(23-21-36(38)31-41)55-27-12-8-10-14-29-57-47(51)6-3;1-2/h5-6,16-25,30-34H,2-4,7-15,26-29H2,1H3;2H,1H2. The second kappa shape index (κ2) is 26.2. The van der Waals surface area contributed by atoms with Crippen LogP contribution in [0.4, 0.5) is 0 Å². The lowest BCUT2D eigenvalue weighted by atomic mass is 10.1. The summed E-state index contributed by atoms with van der Waals surface area (Å²) in [4.78, 5) is 48.8. The summed E-state index contributed by atoms with van der Waals surface area (Å²) in [5, 5.41) is 7.83. The molecule has 0 fully saturated rings. The van der Waals surface area contributed by atoms with E-state index in [0.717, 1.165) is 96.4 Å².